The molecule has 4 aromatic rings. The average Bonchev–Trinajstić information content (AvgIpc) is 3.60. The Kier molecular flexibility index (Phi) is 8.14. The fraction of sp³-hybridized carbons (Fsp3) is 0.115. The lowest BCUT2D eigenvalue weighted by molar-refractivity contribution is -0.126. The summed E-state index contributed by atoms with van der Waals surface area (Å²) in [4.78, 5) is 41.0. The van der Waals surface area contributed by atoms with E-state index in [0.29, 0.717) is 21.3 Å². The molecule has 7 nitrogen and oxygen atoms in total. The molecule has 36 heavy (non-hydrogen) atoms. The first-order valence-corrected chi connectivity index (χ1v) is 12.1. The third-order valence-electron chi connectivity index (χ3n) is 5.24. The number of anilines is 1. The highest BCUT2D eigenvalue weighted by atomic mass is 35.5. The molecule has 0 unspecified atom stereocenters. The second-order valence-corrected chi connectivity index (χ2v) is 9.01. The molecule has 0 saturated carbocycles. The van der Waals surface area contributed by atoms with E-state index in [-0.39, 0.29) is 12.1 Å². The number of halogens is 2. The Balaban J connectivity index is 1.68. The van der Waals surface area contributed by atoms with Crippen molar-refractivity contribution in [2.75, 3.05) is 11.4 Å². The molecule has 0 fully saturated rings. The van der Waals surface area contributed by atoms with E-state index in [4.69, 9.17) is 16.0 Å². The Morgan fingerprint density at radius 3 is 2.42 bits per heavy atom. The fourth-order valence-electron chi connectivity index (χ4n) is 3.55. The topological polar surface area (TPSA) is 91.7 Å². The molecule has 184 valence electrons. The van der Waals surface area contributed by atoms with Gasteiger partial charge in [-0.2, -0.15) is 0 Å². The van der Waals surface area contributed by atoms with Crippen LogP contribution in [0.3, 0.4) is 0 Å². The predicted molar refractivity (Wildman–Crippen MR) is 135 cm³/mol. The minimum Gasteiger partial charge on any atom is -0.467 e. The lowest BCUT2D eigenvalue weighted by Gasteiger charge is -2.31. The molecule has 2 N–H and O–H groups in total. The minimum atomic E-state index is -1.38. The highest BCUT2D eigenvalue weighted by Gasteiger charge is 2.34. The molecule has 0 saturated heterocycles. The first kappa shape index (κ1) is 25.2. The molecular formula is C26H21ClFN3O4S. The van der Waals surface area contributed by atoms with Crippen molar-refractivity contribution in [2.24, 2.45) is 0 Å². The lowest BCUT2D eigenvalue weighted by Crippen LogP contribution is -2.47. The number of hydrogen-bond acceptors (Lipinski definition) is 5. The van der Waals surface area contributed by atoms with Crippen molar-refractivity contribution in [3.63, 3.8) is 0 Å². The number of rotatable bonds is 9. The van der Waals surface area contributed by atoms with Crippen LogP contribution in [0.2, 0.25) is 5.02 Å². The highest BCUT2D eigenvalue weighted by Crippen LogP contribution is 2.30. The summed E-state index contributed by atoms with van der Waals surface area (Å²) in [5.41, 5.74) is 0.290. The monoisotopic (exact) mass is 525 g/mol. The Morgan fingerprint density at radius 2 is 1.75 bits per heavy atom. The second-order valence-electron chi connectivity index (χ2n) is 7.62. The van der Waals surface area contributed by atoms with Gasteiger partial charge >= 0.3 is 0 Å². The summed E-state index contributed by atoms with van der Waals surface area (Å²) in [7, 11) is 0. The van der Waals surface area contributed by atoms with Crippen LogP contribution >= 0.6 is 22.9 Å². The number of nitrogens with zero attached hydrogens (tertiary/aromatic N) is 1. The number of nitrogens with one attached hydrogen (secondary N) is 2. The van der Waals surface area contributed by atoms with Gasteiger partial charge in [-0.05, 0) is 53.9 Å². The lowest BCUT2D eigenvalue weighted by atomic mass is 10.0. The van der Waals surface area contributed by atoms with Crippen LogP contribution < -0.4 is 15.5 Å². The molecule has 1 atom stereocenters. The van der Waals surface area contributed by atoms with E-state index in [1.807, 2.05) is 0 Å². The van der Waals surface area contributed by atoms with Crippen LogP contribution in [0.4, 0.5) is 10.1 Å². The number of carbonyl (C=O) groups is 3. The standard InChI is InChI=1S/C26H21ClFN3O4S/c27-17-9-11-18(12-10-17)31(23(32)16-30-25(33)22-8-4-14-36-22)24(20-6-1-2-7-21(20)28)26(34)29-15-19-5-3-13-35-19/h1-14,24H,15-16H2,(H,29,34)(H,30,33)/t24-/m1/s1. The van der Waals surface area contributed by atoms with E-state index >= 15 is 0 Å². The number of furan rings is 1. The van der Waals surface area contributed by atoms with Gasteiger partial charge in [-0.25, -0.2) is 4.39 Å². The first-order valence-electron chi connectivity index (χ1n) is 10.9. The smallest absolute Gasteiger partial charge is 0.261 e. The maximum Gasteiger partial charge on any atom is 0.261 e. The van der Waals surface area contributed by atoms with Crippen molar-refractivity contribution in [1.29, 1.82) is 0 Å². The molecule has 0 bridgehead atoms. The van der Waals surface area contributed by atoms with Crippen molar-refractivity contribution < 1.29 is 23.2 Å². The van der Waals surface area contributed by atoms with Crippen molar-refractivity contribution in [3.05, 3.63) is 111 Å². The zero-order chi connectivity index (χ0) is 25.5. The minimum absolute atomic E-state index is 0.0117. The quantitative estimate of drug-likeness (QED) is 0.323. The summed E-state index contributed by atoms with van der Waals surface area (Å²) >= 11 is 7.27. The molecule has 2 aromatic heterocycles. The van der Waals surface area contributed by atoms with Crippen molar-refractivity contribution in [1.82, 2.24) is 10.6 Å². The molecule has 0 spiro atoms. The maximum absolute atomic E-state index is 15.0. The van der Waals surface area contributed by atoms with Crippen LogP contribution in [0.1, 0.15) is 27.0 Å². The largest absolute Gasteiger partial charge is 0.467 e. The van der Waals surface area contributed by atoms with Crippen molar-refractivity contribution in [2.45, 2.75) is 12.6 Å². The summed E-state index contributed by atoms with van der Waals surface area (Å²) in [6.07, 6.45) is 1.47. The normalized spacial score (nSPS) is 11.5. The third kappa shape index (κ3) is 5.99. The van der Waals surface area contributed by atoms with Crippen molar-refractivity contribution in [3.8, 4) is 0 Å². The van der Waals surface area contributed by atoms with E-state index in [1.54, 1.807) is 60.0 Å². The van der Waals surface area contributed by atoms with Gasteiger partial charge in [-0.3, -0.25) is 19.3 Å². The van der Waals surface area contributed by atoms with Crippen LogP contribution in [-0.4, -0.2) is 24.3 Å². The molecule has 0 aliphatic heterocycles. The zero-order valence-corrected chi connectivity index (χ0v) is 20.4. The Labute approximate surface area is 215 Å². The van der Waals surface area contributed by atoms with Gasteiger partial charge in [0.25, 0.3) is 5.91 Å². The van der Waals surface area contributed by atoms with E-state index in [0.717, 1.165) is 4.90 Å². The molecule has 2 aromatic carbocycles. The van der Waals surface area contributed by atoms with E-state index < -0.39 is 36.1 Å². The Morgan fingerprint density at radius 1 is 0.972 bits per heavy atom. The van der Waals surface area contributed by atoms with Crippen LogP contribution in [0.15, 0.2) is 88.9 Å². The van der Waals surface area contributed by atoms with Gasteiger partial charge in [0.2, 0.25) is 11.8 Å². The summed E-state index contributed by atoms with van der Waals surface area (Å²) < 4.78 is 20.3. The van der Waals surface area contributed by atoms with Crippen molar-refractivity contribution >= 4 is 46.3 Å². The van der Waals surface area contributed by atoms with Gasteiger partial charge in [0.1, 0.15) is 17.6 Å². The number of carbonyl (C=O) groups excluding carboxylic acids is 3. The fourth-order valence-corrected chi connectivity index (χ4v) is 4.32. The van der Waals surface area contributed by atoms with Gasteiger partial charge in [0.15, 0.2) is 0 Å². The summed E-state index contributed by atoms with van der Waals surface area (Å²) in [5, 5.41) is 7.45. The van der Waals surface area contributed by atoms with Crippen LogP contribution in [0.25, 0.3) is 0 Å². The summed E-state index contributed by atoms with van der Waals surface area (Å²) in [5.74, 6) is -1.86. The molecule has 0 aliphatic carbocycles. The second kappa shape index (κ2) is 11.7. The highest BCUT2D eigenvalue weighted by molar-refractivity contribution is 7.12. The van der Waals surface area contributed by atoms with E-state index in [9.17, 15) is 18.8 Å². The maximum atomic E-state index is 15.0. The zero-order valence-electron chi connectivity index (χ0n) is 18.8. The predicted octanol–water partition coefficient (Wildman–Crippen LogP) is 4.95. The number of thiophene rings is 1. The molecule has 10 heteroatoms. The molecule has 3 amide bonds. The van der Waals surface area contributed by atoms with E-state index in [2.05, 4.69) is 10.6 Å². The van der Waals surface area contributed by atoms with Gasteiger partial charge < -0.3 is 15.1 Å². The van der Waals surface area contributed by atoms with Gasteiger partial charge in [-0.15, -0.1) is 11.3 Å². The third-order valence-corrected chi connectivity index (χ3v) is 6.36. The first-order chi connectivity index (χ1) is 17.4. The molecule has 0 aliphatic rings. The Bertz CT molecular complexity index is 1330. The SMILES string of the molecule is O=C(NCC(=O)N(c1ccc(Cl)cc1)[C@@H](C(=O)NCc1ccco1)c1ccccc1F)c1cccs1. The van der Waals surface area contributed by atoms with Crippen LogP contribution in [-0.2, 0) is 16.1 Å². The molecule has 0 radical (unpaired) electrons. The average molecular weight is 526 g/mol. The molecule has 2 heterocycles. The van der Waals surface area contributed by atoms with Gasteiger partial charge in [-0.1, -0.05) is 35.9 Å². The number of hydrogen-bond donors (Lipinski definition) is 2. The van der Waals surface area contributed by atoms with Gasteiger partial charge in [0.05, 0.1) is 24.2 Å². The molecular weight excluding hydrogens is 505 g/mol. The number of amides is 3. The van der Waals surface area contributed by atoms with E-state index in [1.165, 1.54) is 35.8 Å². The summed E-state index contributed by atoms with van der Waals surface area (Å²) in [6, 6.07) is 17.3. The Hall–Kier alpha value is -3.95. The summed E-state index contributed by atoms with van der Waals surface area (Å²) in [6.45, 7) is -0.385. The molecule has 4 rings (SSSR count). The van der Waals surface area contributed by atoms with Gasteiger partial charge in [0, 0.05) is 16.3 Å². The van der Waals surface area contributed by atoms with Crippen LogP contribution in [0, 0.1) is 5.82 Å². The number of benzene rings is 2. The van der Waals surface area contributed by atoms with Crippen LogP contribution in [0.5, 0.6) is 0 Å².